The van der Waals surface area contributed by atoms with Crippen molar-refractivity contribution in [2.24, 2.45) is 5.73 Å². The number of carbonyl (C=O) groups excluding carboxylic acids is 1. The lowest BCUT2D eigenvalue weighted by atomic mass is 9.92. The number of hydrogen-bond acceptors (Lipinski definition) is 3. The molecule has 0 radical (unpaired) electrons. The maximum Gasteiger partial charge on any atom is 0.237 e. The van der Waals surface area contributed by atoms with Gasteiger partial charge in [0.25, 0.3) is 0 Å². The normalized spacial score (nSPS) is 22.6. The zero-order valence-corrected chi connectivity index (χ0v) is 9.34. The van der Waals surface area contributed by atoms with Crippen molar-refractivity contribution in [3.05, 3.63) is 0 Å². The number of carbonyl (C=O) groups is 1. The van der Waals surface area contributed by atoms with Crippen molar-refractivity contribution in [1.29, 1.82) is 0 Å². The van der Waals surface area contributed by atoms with E-state index in [9.17, 15) is 4.79 Å². The van der Waals surface area contributed by atoms with Crippen molar-refractivity contribution in [1.82, 2.24) is 10.2 Å². The summed E-state index contributed by atoms with van der Waals surface area (Å²) in [6.45, 7) is 8.38. The van der Waals surface area contributed by atoms with Crippen LogP contribution < -0.4 is 11.1 Å². The molecule has 1 saturated heterocycles. The summed E-state index contributed by atoms with van der Waals surface area (Å²) in [5, 5.41) is 2.89. The molecule has 1 unspecified atom stereocenters. The molecule has 0 aromatic rings. The predicted molar refractivity (Wildman–Crippen MR) is 56.9 cm³/mol. The Kier molecular flexibility index (Phi) is 3.50. The highest BCUT2D eigenvalue weighted by Gasteiger charge is 2.39. The molecule has 1 atom stereocenters. The summed E-state index contributed by atoms with van der Waals surface area (Å²) in [6, 6.07) is -0.0434. The molecule has 1 aliphatic heterocycles. The highest BCUT2D eigenvalue weighted by Crippen LogP contribution is 2.19. The molecule has 1 amide bonds. The summed E-state index contributed by atoms with van der Waals surface area (Å²) in [5.41, 5.74) is 5.78. The van der Waals surface area contributed by atoms with Crippen LogP contribution in [0.3, 0.4) is 0 Å². The van der Waals surface area contributed by atoms with Crippen molar-refractivity contribution in [3.8, 4) is 0 Å². The predicted octanol–water partition coefficient (Wildman–Crippen LogP) is -0.0659. The van der Waals surface area contributed by atoms with Gasteiger partial charge in [0.2, 0.25) is 5.91 Å². The monoisotopic (exact) mass is 199 g/mol. The molecule has 4 heteroatoms. The summed E-state index contributed by atoms with van der Waals surface area (Å²) < 4.78 is 0. The number of nitrogens with two attached hydrogens (primary N) is 1. The van der Waals surface area contributed by atoms with Gasteiger partial charge in [0.1, 0.15) is 0 Å². The van der Waals surface area contributed by atoms with E-state index in [1.807, 2.05) is 20.8 Å². The van der Waals surface area contributed by atoms with Gasteiger partial charge in [-0.1, -0.05) is 6.92 Å². The second-order valence-corrected chi connectivity index (χ2v) is 4.53. The average molecular weight is 199 g/mol. The van der Waals surface area contributed by atoms with Crippen LogP contribution in [0.4, 0.5) is 0 Å². The highest BCUT2D eigenvalue weighted by molar-refractivity contribution is 5.81. The minimum Gasteiger partial charge on any atom is -0.355 e. The number of rotatable bonds is 4. The van der Waals surface area contributed by atoms with Gasteiger partial charge in [0.15, 0.2) is 0 Å². The third-order valence-electron chi connectivity index (χ3n) is 2.60. The topological polar surface area (TPSA) is 58.4 Å². The lowest BCUT2D eigenvalue weighted by molar-refractivity contribution is -0.128. The molecule has 4 nitrogen and oxygen atoms in total. The number of likely N-dealkylation sites (tertiary alicyclic amines) is 1. The van der Waals surface area contributed by atoms with E-state index in [1.54, 1.807) is 0 Å². The number of nitrogens with zero attached hydrogens (tertiary/aromatic N) is 1. The lowest BCUT2D eigenvalue weighted by Crippen LogP contribution is -2.69. The van der Waals surface area contributed by atoms with Gasteiger partial charge in [-0.25, -0.2) is 0 Å². The van der Waals surface area contributed by atoms with Crippen LogP contribution in [0.1, 0.15) is 27.2 Å². The molecule has 0 saturated carbocycles. The first-order chi connectivity index (χ1) is 6.46. The van der Waals surface area contributed by atoms with Crippen molar-refractivity contribution in [2.45, 2.75) is 38.8 Å². The Bertz CT molecular complexity index is 207. The van der Waals surface area contributed by atoms with Crippen molar-refractivity contribution in [2.75, 3.05) is 19.6 Å². The quantitative estimate of drug-likeness (QED) is 0.666. The van der Waals surface area contributed by atoms with E-state index in [1.165, 1.54) is 0 Å². The van der Waals surface area contributed by atoms with E-state index in [4.69, 9.17) is 5.73 Å². The summed E-state index contributed by atoms with van der Waals surface area (Å²) in [4.78, 5) is 13.7. The fourth-order valence-corrected chi connectivity index (χ4v) is 1.72. The molecule has 1 fully saturated rings. The first kappa shape index (κ1) is 11.5. The standard InChI is InChI=1S/C10H21N3O/c1-4-5-12-9(14)8(2)13-6-10(3,11)7-13/h8H,4-7,11H2,1-3H3,(H,12,14). The molecule has 0 spiro atoms. The zero-order chi connectivity index (χ0) is 10.8. The molecule has 1 aliphatic rings. The fourth-order valence-electron chi connectivity index (χ4n) is 1.72. The van der Waals surface area contributed by atoms with Gasteiger partial charge in [0.05, 0.1) is 6.04 Å². The molecular weight excluding hydrogens is 178 g/mol. The minimum absolute atomic E-state index is 0.0434. The lowest BCUT2D eigenvalue weighted by Gasteiger charge is -2.47. The van der Waals surface area contributed by atoms with Crippen LogP contribution in [0, 0.1) is 0 Å². The van der Waals surface area contributed by atoms with Gasteiger partial charge < -0.3 is 11.1 Å². The minimum atomic E-state index is -0.0979. The van der Waals surface area contributed by atoms with Crippen LogP contribution in [0.15, 0.2) is 0 Å². The van der Waals surface area contributed by atoms with E-state index in [2.05, 4.69) is 10.2 Å². The average Bonchev–Trinajstić information content (AvgIpc) is 2.08. The van der Waals surface area contributed by atoms with Crippen molar-refractivity contribution in [3.63, 3.8) is 0 Å². The second-order valence-electron chi connectivity index (χ2n) is 4.53. The van der Waals surface area contributed by atoms with Gasteiger partial charge in [-0.05, 0) is 20.3 Å². The molecule has 14 heavy (non-hydrogen) atoms. The van der Waals surface area contributed by atoms with Crippen molar-refractivity contribution < 1.29 is 4.79 Å². The van der Waals surface area contributed by atoms with E-state index in [0.29, 0.717) is 0 Å². The van der Waals surface area contributed by atoms with Gasteiger partial charge >= 0.3 is 0 Å². The second kappa shape index (κ2) is 4.28. The maximum absolute atomic E-state index is 11.6. The summed E-state index contributed by atoms with van der Waals surface area (Å²) >= 11 is 0. The number of amides is 1. The van der Waals surface area contributed by atoms with E-state index in [-0.39, 0.29) is 17.5 Å². The van der Waals surface area contributed by atoms with E-state index < -0.39 is 0 Å². The molecule has 82 valence electrons. The van der Waals surface area contributed by atoms with E-state index >= 15 is 0 Å². The van der Waals surface area contributed by atoms with Crippen LogP contribution in [0.2, 0.25) is 0 Å². The largest absolute Gasteiger partial charge is 0.355 e. The first-order valence-electron chi connectivity index (χ1n) is 5.27. The molecule has 3 N–H and O–H groups in total. The third kappa shape index (κ3) is 2.69. The Balaban J connectivity index is 2.28. The Morgan fingerprint density at radius 2 is 2.21 bits per heavy atom. The molecule has 0 aliphatic carbocycles. The number of hydrogen-bond donors (Lipinski definition) is 2. The summed E-state index contributed by atoms with van der Waals surface area (Å²) in [7, 11) is 0. The van der Waals surface area contributed by atoms with E-state index in [0.717, 1.165) is 26.1 Å². The fraction of sp³-hybridized carbons (Fsp3) is 0.900. The number of nitrogens with one attached hydrogen (secondary N) is 1. The van der Waals surface area contributed by atoms with Crippen molar-refractivity contribution >= 4 is 5.91 Å². The Morgan fingerprint density at radius 1 is 1.64 bits per heavy atom. The molecular formula is C10H21N3O. The van der Waals surface area contributed by atoms with Gasteiger partial charge in [-0.2, -0.15) is 0 Å². The summed E-state index contributed by atoms with van der Waals surface area (Å²) in [6.07, 6.45) is 0.979. The SMILES string of the molecule is CCCNC(=O)C(C)N1CC(C)(N)C1. The Morgan fingerprint density at radius 3 is 2.64 bits per heavy atom. The molecule has 0 bridgehead atoms. The Labute approximate surface area is 85.8 Å². The maximum atomic E-state index is 11.6. The van der Waals surface area contributed by atoms with Gasteiger partial charge in [-0.15, -0.1) is 0 Å². The van der Waals surface area contributed by atoms with Gasteiger partial charge in [0, 0.05) is 25.2 Å². The van der Waals surface area contributed by atoms with Crippen LogP contribution in [-0.2, 0) is 4.79 Å². The van der Waals surface area contributed by atoms with Gasteiger partial charge in [-0.3, -0.25) is 9.69 Å². The molecule has 0 aromatic heterocycles. The highest BCUT2D eigenvalue weighted by atomic mass is 16.2. The van der Waals surface area contributed by atoms with Crippen LogP contribution >= 0.6 is 0 Å². The third-order valence-corrected chi connectivity index (χ3v) is 2.60. The summed E-state index contributed by atoms with van der Waals surface area (Å²) in [5.74, 6) is 0.113. The molecule has 1 heterocycles. The van der Waals surface area contributed by atoms with Crippen LogP contribution in [0.25, 0.3) is 0 Å². The smallest absolute Gasteiger partial charge is 0.237 e. The van der Waals surface area contributed by atoms with Crippen LogP contribution in [0.5, 0.6) is 0 Å². The molecule has 1 rings (SSSR count). The molecule has 0 aromatic carbocycles. The Hall–Kier alpha value is -0.610. The first-order valence-corrected chi connectivity index (χ1v) is 5.27. The zero-order valence-electron chi connectivity index (χ0n) is 9.34. The van der Waals surface area contributed by atoms with Crippen LogP contribution in [-0.4, -0.2) is 42.0 Å².